The van der Waals surface area contributed by atoms with Crippen molar-refractivity contribution in [3.8, 4) is 0 Å². The normalized spacial score (nSPS) is 15.5. The van der Waals surface area contributed by atoms with Crippen LogP contribution < -0.4 is 5.56 Å². The van der Waals surface area contributed by atoms with Crippen molar-refractivity contribution in [2.24, 2.45) is 0 Å². The summed E-state index contributed by atoms with van der Waals surface area (Å²) in [5.74, 6) is -0.764. The minimum Gasteiger partial charge on any atom is -0.477 e. The Bertz CT molecular complexity index is 636. The Hall–Kier alpha value is -2.11. The van der Waals surface area contributed by atoms with Crippen LogP contribution in [-0.4, -0.2) is 25.7 Å². The van der Waals surface area contributed by atoms with Gasteiger partial charge in [-0.3, -0.25) is 9.89 Å². The van der Waals surface area contributed by atoms with Crippen molar-refractivity contribution in [2.75, 3.05) is 0 Å². The van der Waals surface area contributed by atoms with E-state index in [1.165, 1.54) is 4.52 Å². The third-order valence-electron chi connectivity index (χ3n) is 2.76. The van der Waals surface area contributed by atoms with E-state index in [1.54, 1.807) is 6.20 Å². The molecule has 82 valence electrons. The molecule has 16 heavy (non-hydrogen) atoms. The smallest absolute Gasteiger partial charge is 0.354 e. The Morgan fingerprint density at radius 2 is 2.31 bits per heavy atom. The number of aromatic amines is 1. The van der Waals surface area contributed by atoms with E-state index in [1.807, 2.05) is 0 Å². The molecule has 1 fully saturated rings. The van der Waals surface area contributed by atoms with E-state index >= 15 is 0 Å². The van der Waals surface area contributed by atoms with Crippen LogP contribution in [-0.2, 0) is 0 Å². The Balaban J connectivity index is 2.32. The molecule has 1 aliphatic carbocycles. The maximum Gasteiger partial charge on any atom is 0.354 e. The van der Waals surface area contributed by atoms with Gasteiger partial charge in [0.05, 0.1) is 0 Å². The van der Waals surface area contributed by atoms with Crippen molar-refractivity contribution in [2.45, 2.75) is 18.8 Å². The van der Waals surface area contributed by atoms with Gasteiger partial charge in [-0.15, -0.1) is 0 Å². The molecular weight excluding hydrogens is 210 g/mol. The summed E-state index contributed by atoms with van der Waals surface area (Å²) in [6, 6.07) is 1.02. The fourth-order valence-electron chi connectivity index (χ4n) is 1.80. The SMILES string of the molecule is O=C(O)c1cc(=O)n2[nH]cc(C3CC3)c2n1. The highest BCUT2D eigenvalue weighted by Crippen LogP contribution is 2.41. The number of hydrogen-bond acceptors (Lipinski definition) is 3. The molecule has 2 heterocycles. The minimum atomic E-state index is -1.18. The fourth-order valence-corrected chi connectivity index (χ4v) is 1.80. The van der Waals surface area contributed by atoms with Gasteiger partial charge < -0.3 is 5.11 Å². The molecule has 3 rings (SSSR count). The molecule has 0 unspecified atom stereocenters. The highest BCUT2D eigenvalue weighted by molar-refractivity contribution is 5.85. The van der Waals surface area contributed by atoms with Crippen LogP contribution in [0.2, 0.25) is 0 Å². The van der Waals surface area contributed by atoms with E-state index in [0.29, 0.717) is 11.6 Å². The van der Waals surface area contributed by atoms with Gasteiger partial charge >= 0.3 is 5.97 Å². The van der Waals surface area contributed by atoms with Crippen LogP contribution in [0, 0.1) is 0 Å². The van der Waals surface area contributed by atoms with Gasteiger partial charge in [-0.2, -0.15) is 0 Å². The van der Waals surface area contributed by atoms with Crippen LogP contribution in [0.5, 0.6) is 0 Å². The van der Waals surface area contributed by atoms with Gasteiger partial charge in [0.2, 0.25) is 0 Å². The number of fused-ring (bicyclic) bond motifs is 1. The summed E-state index contributed by atoms with van der Waals surface area (Å²) in [7, 11) is 0. The monoisotopic (exact) mass is 219 g/mol. The van der Waals surface area contributed by atoms with E-state index in [2.05, 4.69) is 10.1 Å². The van der Waals surface area contributed by atoms with Gasteiger partial charge in [-0.05, 0) is 18.8 Å². The van der Waals surface area contributed by atoms with Crippen LogP contribution in [0.25, 0.3) is 5.65 Å². The lowest BCUT2D eigenvalue weighted by molar-refractivity contribution is 0.0690. The standard InChI is InChI=1S/C10H9N3O3/c14-8-3-7(10(15)16)12-9-6(5-1-2-5)4-11-13(8)9/h3-5,11H,1-2H2,(H,15,16). The summed E-state index contributed by atoms with van der Waals surface area (Å²) in [6.45, 7) is 0. The molecule has 0 aliphatic heterocycles. The predicted molar refractivity (Wildman–Crippen MR) is 54.7 cm³/mol. The van der Waals surface area contributed by atoms with Gasteiger partial charge in [-0.25, -0.2) is 14.3 Å². The van der Waals surface area contributed by atoms with Gasteiger partial charge in [0.15, 0.2) is 11.3 Å². The van der Waals surface area contributed by atoms with Gasteiger partial charge in [0.25, 0.3) is 5.56 Å². The largest absolute Gasteiger partial charge is 0.477 e. The third kappa shape index (κ3) is 1.23. The van der Waals surface area contributed by atoms with Gasteiger partial charge in [-0.1, -0.05) is 0 Å². The predicted octanol–water partition coefficient (Wildman–Crippen LogP) is 0.598. The minimum absolute atomic E-state index is 0.202. The number of carboxylic acid groups (broad SMARTS) is 1. The molecule has 0 radical (unpaired) electrons. The van der Waals surface area contributed by atoms with E-state index in [0.717, 1.165) is 24.5 Å². The van der Waals surface area contributed by atoms with Crippen molar-refractivity contribution in [1.82, 2.24) is 14.6 Å². The average molecular weight is 219 g/mol. The fraction of sp³-hybridized carbons (Fsp3) is 0.300. The molecule has 6 heteroatoms. The third-order valence-corrected chi connectivity index (χ3v) is 2.76. The van der Waals surface area contributed by atoms with Crippen LogP contribution in [0.4, 0.5) is 0 Å². The molecule has 2 aromatic rings. The van der Waals surface area contributed by atoms with Crippen LogP contribution >= 0.6 is 0 Å². The number of hydrogen-bond donors (Lipinski definition) is 2. The number of carbonyl (C=O) groups is 1. The van der Waals surface area contributed by atoms with E-state index < -0.39 is 11.5 Å². The molecule has 0 spiro atoms. The van der Waals surface area contributed by atoms with Crippen LogP contribution in [0.3, 0.4) is 0 Å². The lowest BCUT2D eigenvalue weighted by atomic mass is 10.2. The molecule has 0 bridgehead atoms. The van der Waals surface area contributed by atoms with Crippen molar-refractivity contribution < 1.29 is 9.90 Å². The van der Waals surface area contributed by atoms with E-state index in [-0.39, 0.29) is 5.69 Å². The summed E-state index contributed by atoms with van der Waals surface area (Å²) >= 11 is 0. The number of H-pyrrole nitrogens is 1. The Kier molecular flexibility index (Phi) is 1.68. The maximum atomic E-state index is 11.6. The highest BCUT2D eigenvalue weighted by Gasteiger charge is 2.28. The van der Waals surface area contributed by atoms with Gasteiger partial charge in [0.1, 0.15) is 0 Å². The second kappa shape index (κ2) is 2.94. The Labute approximate surface area is 89.5 Å². The molecule has 0 atom stereocenters. The first kappa shape index (κ1) is 9.14. The van der Waals surface area contributed by atoms with Crippen LogP contribution in [0.15, 0.2) is 17.1 Å². The Morgan fingerprint density at radius 1 is 1.56 bits per heavy atom. The first-order valence-corrected chi connectivity index (χ1v) is 5.01. The van der Waals surface area contributed by atoms with E-state index in [9.17, 15) is 9.59 Å². The summed E-state index contributed by atoms with van der Waals surface area (Å²) in [5.41, 5.74) is 0.772. The molecule has 2 N–H and O–H groups in total. The highest BCUT2D eigenvalue weighted by atomic mass is 16.4. The van der Waals surface area contributed by atoms with Crippen molar-refractivity contribution in [1.29, 1.82) is 0 Å². The zero-order valence-corrected chi connectivity index (χ0v) is 8.30. The topological polar surface area (TPSA) is 87.5 Å². The zero-order valence-electron chi connectivity index (χ0n) is 8.30. The molecule has 0 saturated heterocycles. The van der Waals surface area contributed by atoms with Crippen molar-refractivity contribution >= 4 is 11.6 Å². The molecule has 0 amide bonds. The lowest BCUT2D eigenvalue weighted by Crippen LogP contribution is -2.17. The second-order valence-electron chi connectivity index (χ2n) is 3.95. The summed E-state index contributed by atoms with van der Waals surface area (Å²) < 4.78 is 1.28. The summed E-state index contributed by atoms with van der Waals surface area (Å²) in [6.07, 6.45) is 3.87. The summed E-state index contributed by atoms with van der Waals surface area (Å²) in [5, 5.41) is 11.6. The summed E-state index contributed by atoms with van der Waals surface area (Å²) in [4.78, 5) is 26.4. The molecule has 0 aromatic carbocycles. The molecule has 1 saturated carbocycles. The average Bonchev–Trinajstić information content (AvgIpc) is 2.98. The van der Waals surface area contributed by atoms with Crippen LogP contribution in [0.1, 0.15) is 34.8 Å². The van der Waals surface area contributed by atoms with Crippen molar-refractivity contribution in [3.05, 3.63) is 33.9 Å². The van der Waals surface area contributed by atoms with Crippen molar-refractivity contribution in [3.63, 3.8) is 0 Å². The number of nitrogens with zero attached hydrogens (tertiary/aromatic N) is 2. The molecule has 1 aliphatic rings. The molecular formula is C10H9N3O3. The second-order valence-corrected chi connectivity index (χ2v) is 3.95. The quantitative estimate of drug-likeness (QED) is 0.774. The first-order chi connectivity index (χ1) is 7.66. The first-order valence-electron chi connectivity index (χ1n) is 5.01. The Morgan fingerprint density at radius 3 is 2.94 bits per heavy atom. The molecule has 6 nitrogen and oxygen atoms in total. The van der Waals surface area contributed by atoms with E-state index in [4.69, 9.17) is 5.11 Å². The number of nitrogens with one attached hydrogen (secondary N) is 1. The zero-order chi connectivity index (χ0) is 11.3. The maximum absolute atomic E-state index is 11.6. The number of aromatic carboxylic acids is 1. The number of carboxylic acids is 1. The lowest BCUT2D eigenvalue weighted by Gasteiger charge is -1.97. The number of aromatic nitrogens is 3. The number of rotatable bonds is 2. The van der Waals surface area contributed by atoms with Gasteiger partial charge in [0, 0.05) is 17.8 Å². The molecule has 2 aromatic heterocycles.